The number of fused-ring (bicyclic) bond motifs is 1. The first-order valence-corrected chi connectivity index (χ1v) is 9.94. The van der Waals surface area contributed by atoms with E-state index in [1.165, 1.54) is 0 Å². The first-order valence-electron chi connectivity index (χ1n) is 9.94. The van der Waals surface area contributed by atoms with Crippen LogP contribution in [0.2, 0.25) is 0 Å². The minimum absolute atomic E-state index is 0.0597. The van der Waals surface area contributed by atoms with E-state index in [0.29, 0.717) is 18.9 Å². The lowest BCUT2D eigenvalue weighted by Gasteiger charge is -2.32. The van der Waals surface area contributed by atoms with Crippen LogP contribution in [0, 0.1) is 0 Å². The molecule has 3 aromatic rings. The van der Waals surface area contributed by atoms with Gasteiger partial charge in [-0.3, -0.25) is 14.1 Å². The SMILES string of the molecule is COCCN(C)c1cnn(C2CCCN(Cc3cn4cccnc4n3)C2)c(=O)c1. The maximum absolute atomic E-state index is 12.7. The Kier molecular flexibility index (Phi) is 5.86. The third kappa shape index (κ3) is 4.46. The molecule has 1 aliphatic heterocycles. The number of imidazole rings is 1. The Balaban J connectivity index is 1.44. The quantitative estimate of drug-likeness (QED) is 0.593. The molecule has 154 valence electrons. The normalized spacial score (nSPS) is 17.7. The third-order valence-electron chi connectivity index (χ3n) is 5.38. The van der Waals surface area contributed by atoms with Gasteiger partial charge in [-0.25, -0.2) is 14.6 Å². The lowest BCUT2D eigenvalue weighted by Crippen LogP contribution is -2.40. The number of likely N-dealkylation sites (N-methyl/N-ethyl adjacent to an activating group) is 1. The molecule has 29 heavy (non-hydrogen) atoms. The van der Waals surface area contributed by atoms with Gasteiger partial charge in [0.05, 0.1) is 30.2 Å². The molecular formula is C20H27N7O2. The van der Waals surface area contributed by atoms with Gasteiger partial charge in [0.15, 0.2) is 0 Å². The topological polar surface area (TPSA) is 80.8 Å². The molecule has 0 amide bonds. The van der Waals surface area contributed by atoms with Gasteiger partial charge >= 0.3 is 0 Å². The molecule has 1 fully saturated rings. The molecule has 3 aromatic heterocycles. The highest BCUT2D eigenvalue weighted by atomic mass is 16.5. The minimum atomic E-state index is -0.0597. The Morgan fingerprint density at radius 1 is 1.38 bits per heavy atom. The lowest BCUT2D eigenvalue weighted by molar-refractivity contribution is 0.158. The third-order valence-corrected chi connectivity index (χ3v) is 5.38. The molecule has 1 saturated heterocycles. The van der Waals surface area contributed by atoms with Crippen molar-refractivity contribution in [3.05, 3.63) is 53.0 Å². The predicted molar refractivity (Wildman–Crippen MR) is 110 cm³/mol. The number of rotatable bonds is 7. The molecule has 1 unspecified atom stereocenters. The molecule has 0 N–H and O–H groups in total. The fourth-order valence-corrected chi connectivity index (χ4v) is 3.81. The highest BCUT2D eigenvalue weighted by molar-refractivity contribution is 5.41. The smallest absolute Gasteiger partial charge is 0.269 e. The summed E-state index contributed by atoms with van der Waals surface area (Å²) in [6.07, 6.45) is 9.46. The van der Waals surface area contributed by atoms with Crippen LogP contribution in [0.1, 0.15) is 24.6 Å². The fraction of sp³-hybridized carbons (Fsp3) is 0.500. The van der Waals surface area contributed by atoms with E-state index >= 15 is 0 Å². The summed E-state index contributed by atoms with van der Waals surface area (Å²) in [5, 5.41) is 4.47. The number of nitrogens with zero attached hydrogens (tertiary/aromatic N) is 7. The van der Waals surface area contributed by atoms with Crippen molar-refractivity contribution in [3.63, 3.8) is 0 Å². The highest BCUT2D eigenvalue weighted by Gasteiger charge is 2.24. The maximum Gasteiger partial charge on any atom is 0.269 e. The Morgan fingerprint density at radius 3 is 3.07 bits per heavy atom. The van der Waals surface area contributed by atoms with Gasteiger partial charge in [-0.1, -0.05) is 0 Å². The van der Waals surface area contributed by atoms with Gasteiger partial charge in [-0.15, -0.1) is 0 Å². The van der Waals surface area contributed by atoms with E-state index < -0.39 is 0 Å². The summed E-state index contributed by atoms with van der Waals surface area (Å²) in [4.78, 5) is 25.9. The number of anilines is 1. The molecule has 1 aliphatic rings. The standard InChI is InChI=1S/C20H27N7O2/c1-24(9-10-29-2)18-11-19(28)27(22-12-18)17-5-3-7-25(15-17)13-16-14-26-8-4-6-21-20(26)23-16/h4,6,8,11-12,14,17H,3,5,7,9-10,13,15H2,1-2H3. The average molecular weight is 397 g/mol. The van der Waals surface area contributed by atoms with E-state index in [9.17, 15) is 4.79 Å². The first-order chi connectivity index (χ1) is 14.1. The average Bonchev–Trinajstić information content (AvgIpc) is 3.14. The van der Waals surface area contributed by atoms with Crippen molar-refractivity contribution in [2.24, 2.45) is 0 Å². The van der Waals surface area contributed by atoms with Crippen LogP contribution >= 0.6 is 0 Å². The van der Waals surface area contributed by atoms with Crippen LogP contribution in [0.3, 0.4) is 0 Å². The first kappa shape index (κ1) is 19.5. The Labute approximate surface area is 169 Å². The van der Waals surface area contributed by atoms with Gasteiger partial charge in [-0.2, -0.15) is 5.10 Å². The molecular weight excluding hydrogens is 370 g/mol. The van der Waals surface area contributed by atoms with Crippen LogP contribution in [0.25, 0.3) is 5.78 Å². The zero-order valence-electron chi connectivity index (χ0n) is 16.9. The van der Waals surface area contributed by atoms with Crippen LogP contribution in [0.4, 0.5) is 5.69 Å². The number of aromatic nitrogens is 5. The monoisotopic (exact) mass is 397 g/mol. The van der Waals surface area contributed by atoms with E-state index in [1.54, 1.807) is 30.3 Å². The Bertz CT molecular complexity index is 982. The molecule has 0 saturated carbocycles. The second-order valence-electron chi connectivity index (χ2n) is 7.50. The zero-order valence-corrected chi connectivity index (χ0v) is 16.9. The summed E-state index contributed by atoms with van der Waals surface area (Å²) in [6.45, 7) is 3.84. The van der Waals surface area contributed by atoms with Gasteiger partial charge in [-0.05, 0) is 25.5 Å². The summed E-state index contributed by atoms with van der Waals surface area (Å²) in [5.74, 6) is 0.710. The van der Waals surface area contributed by atoms with Crippen molar-refractivity contribution in [1.82, 2.24) is 29.0 Å². The van der Waals surface area contributed by atoms with Crippen molar-refractivity contribution in [1.29, 1.82) is 0 Å². The second-order valence-corrected chi connectivity index (χ2v) is 7.50. The van der Waals surface area contributed by atoms with Crippen molar-refractivity contribution in [2.45, 2.75) is 25.4 Å². The van der Waals surface area contributed by atoms with E-state index in [1.807, 2.05) is 34.8 Å². The van der Waals surface area contributed by atoms with Crippen molar-refractivity contribution in [3.8, 4) is 0 Å². The molecule has 9 heteroatoms. The number of methoxy groups -OCH3 is 1. The van der Waals surface area contributed by atoms with Crippen LogP contribution in [0.15, 0.2) is 41.7 Å². The Morgan fingerprint density at radius 2 is 2.28 bits per heavy atom. The van der Waals surface area contributed by atoms with Crippen molar-refractivity contribution >= 4 is 11.5 Å². The molecule has 0 bridgehead atoms. The van der Waals surface area contributed by atoms with E-state index in [2.05, 4.69) is 20.0 Å². The summed E-state index contributed by atoms with van der Waals surface area (Å²) >= 11 is 0. The summed E-state index contributed by atoms with van der Waals surface area (Å²) in [6, 6.07) is 3.63. The second kappa shape index (κ2) is 8.71. The summed E-state index contributed by atoms with van der Waals surface area (Å²) in [7, 11) is 3.60. The maximum atomic E-state index is 12.7. The van der Waals surface area contributed by atoms with Crippen LogP contribution in [-0.2, 0) is 11.3 Å². The lowest BCUT2D eigenvalue weighted by atomic mass is 10.1. The van der Waals surface area contributed by atoms with E-state index in [0.717, 1.165) is 43.9 Å². The largest absolute Gasteiger partial charge is 0.383 e. The Hall–Kier alpha value is -2.78. The number of hydrogen-bond donors (Lipinski definition) is 0. The molecule has 0 aromatic carbocycles. The highest BCUT2D eigenvalue weighted by Crippen LogP contribution is 2.21. The van der Waals surface area contributed by atoms with Gasteiger partial charge < -0.3 is 9.64 Å². The molecule has 9 nitrogen and oxygen atoms in total. The number of likely N-dealkylation sites (tertiary alicyclic amines) is 1. The predicted octanol–water partition coefficient (Wildman–Crippen LogP) is 1.21. The molecule has 1 atom stereocenters. The van der Waals surface area contributed by atoms with Crippen molar-refractivity contribution < 1.29 is 4.74 Å². The van der Waals surface area contributed by atoms with Gasteiger partial charge in [0.25, 0.3) is 5.56 Å². The summed E-state index contributed by atoms with van der Waals surface area (Å²) in [5.41, 5.74) is 1.74. The molecule has 0 spiro atoms. The summed E-state index contributed by atoms with van der Waals surface area (Å²) < 4.78 is 8.66. The van der Waals surface area contributed by atoms with Crippen LogP contribution in [-0.4, -0.2) is 69.4 Å². The number of ether oxygens (including phenoxy) is 1. The van der Waals surface area contributed by atoms with Crippen LogP contribution in [0.5, 0.6) is 0 Å². The van der Waals surface area contributed by atoms with Crippen LogP contribution < -0.4 is 10.5 Å². The minimum Gasteiger partial charge on any atom is -0.383 e. The molecule has 0 radical (unpaired) electrons. The molecule has 4 heterocycles. The number of hydrogen-bond acceptors (Lipinski definition) is 7. The molecule has 4 rings (SSSR count). The zero-order chi connectivity index (χ0) is 20.2. The van der Waals surface area contributed by atoms with Gasteiger partial charge in [0.2, 0.25) is 5.78 Å². The fourth-order valence-electron chi connectivity index (χ4n) is 3.81. The van der Waals surface area contributed by atoms with Gasteiger partial charge in [0, 0.05) is 58.4 Å². The number of piperidine rings is 1. The van der Waals surface area contributed by atoms with Crippen molar-refractivity contribution in [2.75, 3.05) is 45.3 Å². The van der Waals surface area contributed by atoms with E-state index in [-0.39, 0.29) is 11.6 Å². The molecule has 0 aliphatic carbocycles. The van der Waals surface area contributed by atoms with Gasteiger partial charge in [0.1, 0.15) is 0 Å². The van der Waals surface area contributed by atoms with E-state index in [4.69, 9.17) is 4.74 Å².